The summed E-state index contributed by atoms with van der Waals surface area (Å²) in [5, 5.41) is 31.4. The summed E-state index contributed by atoms with van der Waals surface area (Å²) in [6.07, 6.45) is 33.2. The first-order valence-electron chi connectivity index (χ1n) is 23.0. The summed E-state index contributed by atoms with van der Waals surface area (Å²) in [4.78, 5) is 25.0. The summed E-state index contributed by atoms with van der Waals surface area (Å²) in [6, 6.07) is 0. The SMILES string of the molecule is CCCCCC/C=C\CCCCCCCC/C=C/O[C@H](COC(=O)CCCCCC[C@@H]1[C@@H](/C=C/[C@@H](O)CCCCC)[C@H](O)C[C@@H]1O)COP(=O)([O-])OCC[N+](C)(C)C. The van der Waals surface area contributed by atoms with E-state index in [4.69, 9.17) is 18.5 Å². The molecule has 0 bridgehead atoms. The van der Waals surface area contributed by atoms with Crippen molar-refractivity contribution in [2.75, 3.05) is 47.5 Å². The van der Waals surface area contributed by atoms with E-state index in [0.29, 0.717) is 30.3 Å². The molecule has 11 nitrogen and oxygen atoms in total. The lowest BCUT2D eigenvalue weighted by atomic mass is 9.88. The smallest absolute Gasteiger partial charge is 0.305 e. The lowest BCUT2D eigenvalue weighted by molar-refractivity contribution is -0.870. The number of hydrogen-bond acceptors (Lipinski definition) is 10. The summed E-state index contributed by atoms with van der Waals surface area (Å²) in [6.45, 7) is 4.35. The standard InChI is InChI=1S/C46H86NO10P/c1-6-8-10-11-12-13-14-15-16-17-18-19-20-21-24-28-35-54-41(39-57-58(52,53)56-36-34-47(3,4)5)38-55-46(51)31-27-23-22-26-30-42-43(45(50)37-44(42)49)33-32-40(48)29-25-9-7-2/h13-14,28,32-33,35,40-45,48-50H,6-12,15-27,29-31,34,36-39H2,1-5H3/b14-13-,33-32+,35-28+/t40-,41+,42+,43+,44-,45+/m0/s1. The van der Waals surface area contributed by atoms with Crippen molar-refractivity contribution in [2.24, 2.45) is 11.8 Å². The highest BCUT2D eigenvalue weighted by atomic mass is 31.2. The van der Waals surface area contributed by atoms with Crippen LogP contribution in [0, 0.1) is 11.8 Å². The molecule has 1 aliphatic rings. The van der Waals surface area contributed by atoms with Gasteiger partial charge in [-0.25, -0.2) is 0 Å². The average Bonchev–Trinajstić information content (AvgIpc) is 3.44. The molecule has 1 unspecified atom stereocenters. The molecule has 0 aliphatic heterocycles. The van der Waals surface area contributed by atoms with Crippen LogP contribution in [0.15, 0.2) is 36.6 Å². The largest absolute Gasteiger partial charge is 0.756 e. The molecule has 12 heteroatoms. The highest BCUT2D eigenvalue weighted by molar-refractivity contribution is 7.45. The number of likely N-dealkylation sites (N-methyl/N-ethyl adjacent to an activating group) is 1. The van der Waals surface area contributed by atoms with Crippen molar-refractivity contribution < 1.29 is 52.6 Å². The van der Waals surface area contributed by atoms with Gasteiger partial charge in [-0.15, -0.1) is 0 Å². The number of carbonyl (C=O) groups is 1. The van der Waals surface area contributed by atoms with Gasteiger partial charge in [-0.05, 0) is 69.8 Å². The number of hydrogen-bond donors (Lipinski definition) is 3. The Morgan fingerprint density at radius 1 is 0.776 bits per heavy atom. The maximum absolute atomic E-state index is 12.6. The van der Waals surface area contributed by atoms with Gasteiger partial charge in [-0.2, -0.15) is 0 Å². The fourth-order valence-electron chi connectivity index (χ4n) is 7.15. The summed E-state index contributed by atoms with van der Waals surface area (Å²) in [7, 11) is 1.24. The van der Waals surface area contributed by atoms with Crippen molar-refractivity contribution in [3.8, 4) is 0 Å². The zero-order chi connectivity index (χ0) is 42.9. The molecule has 0 saturated heterocycles. The van der Waals surface area contributed by atoms with Gasteiger partial charge >= 0.3 is 5.97 Å². The lowest BCUT2D eigenvalue weighted by Gasteiger charge is -2.28. The second-order valence-corrected chi connectivity index (χ2v) is 18.8. The van der Waals surface area contributed by atoms with E-state index in [1.165, 1.54) is 64.2 Å². The van der Waals surface area contributed by atoms with Gasteiger partial charge in [0.2, 0.25) is 0 Å². The number of unbranched alkanes of at least 4 members (excludes halogenated alkanes) is 16. The molecule has 1 aliphatic carbocycles. The van der Waals surface area contributed by atoms with Crippen molar-refractivity contribution in [1.29, 1.82) is 0 Å². The van der Waals surface area contributed by atoms with Gasteiger partial charge in [0.1, 0.15) is 19.8 Å². The number of phosphoric ester groups is 1. The van der Waals surface area contributed by atoms with E-state index < -0.39 is 38.2 Å². The normalized spacial score (nSPS) is 21.0. The van der Waals surface area contributed by atoms with Gasteiger partial charge in [-0.1, -0.05) is 122 Å². The molecule has 1 rings (SSSR count). The minimum absolute atomic E-state index is 0.00885. The molecule has 0 radical (unpaired) electrons. The van der Waals surface area contributed by atoms with Gasteiger partial charge < -0.3 is 43.2 Å². The maximum atomic E-state index is 12.6. The second-order valence-electron chi connectivity index (χ2n) is 17.4. The molecule has 0 spiro atoms. The number of aliphatic hydroxyl groups is 3. The molecular formula is C46H86NO10P. The number of quaternary nitrogens is 1. The fraction of sp³-hybridized carbons (Fsp3) is 0.848. The quantitative estimate of drug-likeness (QED) is 0.0137. The van der Waals surface area contributed by atoms with Gasteiger partial charge in [0, 0.05) is 18.8 Å². The van der Waals surface area contributed by atoms with E-state index in [9.17, 15) is 29.6 Å². The third kappa shape index (κ3) is 30.5. The summed E-state index contributed by atoms with van der Waals surface area (Å²) >= 11 is 0. The molecule has 0 aromatic heterocycles. The first-order chi connectivity index (χ1) is 27.8. The number of phosphoric acid groups is 1. The van der Waals surface area contributed by atoms with Gasteiger partial charge in [-0.3, -0.25) is 9.36 Å². The highest BCUT2D eigenvalue weighted by Gasteiger charge is 2.39. The van der Waals surface area contributed by atoms with Crippen LogP contribution in [0.4, 0.5) is 0 Å². The fourth-order valence-corrected chi connectivity index (χ4v) is 7.88. The number of rotatable bonds is 38. The van der Waals surface area contributed by atoms with Crippen LogP contribution in [-0.4, -0.2) is 97.7 Å². The summed E-state index contributed by atoms with van der Waals surface area (Å²) in [5.74, 6) is -0.624. The van der Waals surface area contributed by atoms with Crippen LogP contribution in [0.5, 0.6) is 0 Å². The lowest BCUT2D eigenvalue weighted by Crippen LogP contribution is -2.37. The molecule has 0 amide bonds. The molecule has 3 N–H and O–H groups in total. The maximum Gasteiger partial charge on any atom is 0.305 e. The molecule has 0 heterocycles. The van der Waals surface area contributed by atoms with E-state index in [1.54, 1.807) is 12.3 Å². The second kappa shape index (κ2) is 34.1. The Hall–Kier alpha value is -1.56. The first kappa shape index (κ1) is 54.5. The third-order valence-electron chi connectivity index (χ3n) is 10.9. The molecular weight excluding hydrogens is 757 g/mol. The van der Waals surface area contributed by atoms with E-state index in [0.717, 1.165) is 64.2 Å². The third-order valence-corrected chi connectivity index (χ3v) is 11.8. The predicted molar refractivity (Wildman–Crippen MR) is 233 cm³/mol. The van der Waals surface area contributed by atoms with Crippen LogP contribution < -0.4 is 4.89 Å². The van der Waals surface area contributed by atoms with Crippen molar-refractivity contribution in [2.45, 2.75) is 192 Å². The Labute approximate surface area is 353 Å². The van der Waals surface area contributed by atoms with Crippen molar-refractivity contribution in [3.63, 3.8) is 0 Å². The Bertz CT molecular complexity index is 1140. The van der Waals surface area contributed by atoms with E-state index >= 15 is 0 Å². The van der Waals surface area contributed by atoms with E-state index in [2.05, 4.69) is 26.0 Å². The molecule has 1 fully saturated rings. The Morgan fingerprint density at radius 2 is 1.36 bits per heavy atom. The number of nitrogens with zero attached hydrogens (tertiary/aromatic N) is 1. The predicted octanol–water partition coefficient (Wildman–Crippen LogP) is 9.48. The molecule has 0 aromatic rings. The number of aliphatic hydroxyl groups excluding tert-OH is 3. The van der Waals surface area contributed by atoms with Gasteiger partial charge in [0.05, 0.1) is 52.3 Å². The minimum Gasteiger partial charge on any atom is -0.756 e. The number of allylic oxidation sites excluding steroid dienone is 3. The van der Waals surface area contributed by atoms with Crippen LogP contribution in [0.1, 0.15) is 168 Å². The van der Waals surface area contributed by atoms with Crippen LogP contribution in [-0.2, 0) is 27.9 Å². The summed E-state index contributed by atoms with van der Waals surface area (Å²) in [5.41, 5.74) is 0. The monoisotopic (exact) mass is 844 g/mol. The molecule has 340 valence electrons. The Balaban J connectivity index is 2.43. The number of esters is 1. The highest BCUT2D eigenvalue weighted by Crippen LogP contribution is 2.39. The number of carbonyl (C=O) groups excluding carboxylic acids is 1. The topological polar surface area (TPSA) is 155 Å². The minimum atomic E-state index is -4.57. The number of ether oxygens (including phenoxy) is 2. The molecule has 0 aromatic carbocycles. The van der Waals surface area contributed by atoms with Crippen LogP contribution in [0.25, 0.3) is 0 Å². The van der Waals surface area contributed by atoms with Crippen LogP contribution in [0.3, 0.4) is 0 Å². The molecule has 58 heavy (non-hydrogen) atoms. The van der Waals surface area contributed by atoms with Gasteiger partial charge in [0.15, 0.2) is 6.10 Å². The summed E-state index contributed by atoms with van der Waals surface area (Å²) < 4.78 is 34.4. The first-order valence-corrected chi connectivity index (χ1v) is 24.5. The van der Waals surface area contributed by atoms with Crippen LogP contribution in [0.2, 0.25) is 0 Å². The van der Waals surface area contributed by atoms with Crippen molar-refractivity contribution >= 4 is 13.8 Å². The van der Waals surface area contributed by atoms with E-state index in [1.807, 2.05) is 33.3 Å². The van der Waals surface area contributed by atoms with Crippen LogP contribution >= 0.6 is 7.82 Å². The Morgan fingerprint density at radius 3 is 2.02 bits per heavy atom. The van der Waals surface area contributed by atoms with Crippen molar-refractivity contribution in [3.05, 3.63) is 36.6 Å². The van der Waals surface area contributed by atoms with E-state index in [-0.39, 0.29) is 38.1 Å². The average molecular weight is 844 g/mol. The molecule has 7 atom stereocenters. The van der Waals surface area contributed by atoms with Crippen molar-refractivity contribution in [1.82, 2.24) is 0 Å². The zero-order valence-electron chi connectivity index (χ0n) is 37.3. The Kier molecular flexibility index (Phi) is 32.0. The van der Waals surface area contributed by atoms with Gasteiger partial charge in [0.25, 0.3) is 7.82 Å². The zero-order valence-corrected chi connectivity index (χ0v) is 38.2. The molecule has 1 saturated carbocycles.